The molecule has 1 N–H and O–H groups in total. The van der Waals surface area contributed by atoms with E-state index in [0.717, 1.165) is 17.8 Å². The molecule has 0 radical (unpaired) electrons. The molecule has 0 saturated carbocycles. The highest BCUT2D eigenvalue weighted by molar-refractivity contribution is 5.94. The van der Waals surface area contributed by atoms with Gasteiger partial charge in [0.15, 0.2) is 0 Å². The first-order valence-corrected chi connectivity index (χ1v) is 6.09. The number of amides is 1. The van der Waals surface area contributed by atoms with Gasteiger partial charge in [-0.2, -0.15) is 5.10 Å². The topological polar surface area (TPSA) is 50.2 Å². The fourth-order valence-corrected chi connectivity index (χ4v) is 1.76. The number of anilines is 1. The van der Waals surface area contributed by atoms with Crippen molar-refractivity contribution in [2.24, 2.45) is 7.05 Å². The molecule has 0 aliphatic carbocycles. The van der Waals surface area contributed by atoms with E-state index < -0.39 is 0 Å². The Bertz CT molecular complexity index is 557. The highest BCUT2D eigenvalue weighted by Crippen LogP contribution is 2.12. The molecule has 1 heterocycles. The second-order valence-corrected chi connectivity index (χ2v) is 4.65. The van der Waals surface area contributed by atoms with Gasteiger partial charge in [0.05, 0.1) is 6.20 Å². The zero-order chi connectivity index (χ0) is 13.8. The number of benzene rings is 1. The van der Waals surface area contributed by atoms with Crippen LogP contribution in [0.3, 0.4) is 0 Å². The Morgan fingerprint density at radius 1 is 1.32 bits per heavy atom. The second-order valence-electron chi connectivity index (χ2n) is 4.65. The van der Waals surface area contributed by atoms with Gasteiger partial charge < -0.3 is 10.2 Å². The van der Waals surface area contributed by atoms with E-state index in [-0.39, 0.29) is 5.91 Å². The van der Waals surface area contributed by atoms with E-state index in [2.05, 4.69) is 10.4 Å². The van der Waals surface area contributed by atoms with E-state index in [1.165, 1.54) is 0 Å². The smallest absolute Gasteiger partial charge is 0.253 e. The molecule has 100 valence electrons. The third-order valence-electron chi connectivity index (χ3n) is 2.79. The minimum absolute atomic E-state index is 0.0128. The normalized spacial score (nSPS) is 10.3. The predicted octanol–water partition coefficient (Wildman–Crippen LogP) is 1.73. The molecule has 0 spiro atoms. The van der Waals surface area contributed by atoms with Gasteiger partial charge in [0.2, 0.25) is 0 Å². The van der Waals surface area contributed by atoms with E-state index in [1.807, 2.05) is 43.7 Å². The minimum atomic E-state index is 0.0128. The number of carbonyl (C=O) groups is 1. The molecule has 0 aliphatic rings. The summed E-state index contributed by atoms with van der Waals surface area (Å²) >= 11 is 0. The van der Waals surface area contributed by atoms with Gasteiger partial charge in [0, 0.05) is 50.7 Å². The summed E-state index contributed by atoms with van der Waals surface area (Å²) in [7, 11) is 5.39. The molecule has 1 aromatic heterocycles. The maximum atomic E-state index is 11.7. The molecule has 0 saturated heterocycles. The Labute approximate surface area is 112 Å². The Kier molecular flexibility index (Phi) is 3.85. The SMILES string of the molecule is CN(C)C(=O)c1ccc(NCc2cnn(C)c2)cc1. The Morgan fingerprint density at radius 2 is 2.00 bits per heavy atom. The van der Waals surface area contributed by atoms with Crippen LogP contribution in [-0.4, -0.2) is 34.7 Å². The second kappa shape index (κ2) is 5.56. The van der Waals surface area contributed by atoms with Gasteiger partial charge in [-0.3, -0.25) is 9.48 Å². The zero-order valence-corrected chi connectivity index (χ0v) is 11.4. The molecule has 0 unspecified atom stereocenters. The number of hydrogen-bond donors (Lipinski definition) is 1. The van der Waals surface area contributed by atoms with Crippen LogP contribution in [0.15, 0.2) is 36.7 Å². The first-order valence-electron chi connectivity index (χ1n) is 6.09. The summed E-state index contributed by atoms with van der Waals surface area (Å²) in [6.45, 7) is 0.717. The summed E-state index contributed by atoms with van der Waals surface area (Å²) in [4.78, 5) is 13.3. The average molecular weight is 258 g/mol. The maximum Gasteiger partial charge on any atom is 0.253 e. The summed E-state index contributed by atoms with van der Waals surface area (Å²) in [6.07, 6.45) is 3.80. The van der Waals surface area contributed by atoms with E-state index >= 15 is 0 Å². The molecule has 0 fully saturated rings. The van der Waals surface area contributed by atoms with E-state index in [4.69, 9.17) is 0 Å². The lowest BCUT2D eigenvalue weighted by molar-refractivity contribution is 0.0827. The minimum Gasteiger partial charge on any atom is -0.381 e. The molecule has 0 bridgehead atoms. The van der Waals surface area contributed by atoms with Crippen LogP contribution < -0.4 is 5.32 Å². The molecule has 1 amide bonds. The van der Waals surface area contributed by atoms with Crippen LogP contribution >= 0.6 is 0 Å². The van der Waals surface area contributed by atoms with Gasteiger partial charge in [-0.25, -0.2) is 0 Å². The van der Waals surface area contributed by atoms with Gasteiger partial charge in [-0.1, -0.05) is 0 Å². The lowest BCUT2D eigenvalue weighted by Gasteiger charge is -2.11. The van der Waals surface area contributed by atoms with E-state index in [9.17, 15) is 4.79 Å². The molecule has 5 heteroatoms. The van der Waals surface area contributed by atoms with Crippen molar-refractivity contribution in [1.29, 1.82) is 0 Å². The molecule has 19 heavy (non-hydrogen) atoms. The predicted molar refractivity (Wildman–Crippen MR) is 75.0 cm³/mol. The van der Waals surface area contributed by atoms with Crippen LogP contribution in [0.5, 0.6) is 0 Å². The highest BCUT2D eigenvalue weighted by atomic mass is 16.2. The van der Waals surface area contributed by atoms with E-state index in [0.29, 0.717) is 5.56 Å². The largest absolute Gasteiger partial charge is 0.381 e. The van der Waals surface area contributed by atoms with Crippen molar-refractivity contribution >= 4 is 11.6 Å². The van der Waals surface area contributed by atoms with Crippen molar-refractivity contribution in [3.63, 3.8) is 0 Å². The molecule has 2 aromatic rings. The molecule has 0 aliphatic heterocycles. The van der Waals surface area contributed by atoms with Gasteiger partial charge in [0.25, 0.3) is 5.91 Å². The summed E-state index contributed by atoms with van der Waals surface area (Å²) in [5.74, 6) is 0.0128. The number of rotatable bonds is 4. The molecule has 5 nitrogen and oxygen atoms in total. The lowest BCUT2D eigenvalue weighted by atomic mass is 10.2. The van der Waals surface area contributed by atoms with Crippen LogP contribution in [0.2, 0.25) is 0 Å². The summed E-state index contributed by atoms with van der Waals surface area (Å²) in [5, 5.41) is 7.40. The average Bonchev–Trinajstić information content (AvgIpc) is 2.82. The van der Waals surface area contributed by atoms with Crippen molar-refractivity contribution in [2.75, 3.05) is 19.4 Å². The zero-order valence-electron chi connectivity index (χ0n) is 11.4. The van der Waals surface area contributed by atoms with Gasteiger partial charge in [-0.15, -0.1) is 0 Å². The van der Waals surface area contributed by atoms with Crippen LogP contribution in [0, 0.1) is 0 Å². The van der Waals surface area contributed by atoms with Crippen LogP contribution in [0.1, 0.15) is 15.9 Å². The lowest BCUT2D eigenvalue weighted by Crippen LogP contribution is -2.21. The maximum absolute atomic E-state index is 11.7. The monoisotopic (exact) mass is 258 g/mol. The number of nitrogens with one attached hydrogen (secondary N) is 1. The number of aromatic nitrogens is 2. The van der Waals surface area contributed by atoms with Gasteiger partial charge in [0.1, 0.15) is 0 Å². The van der Waals surface area contributed by atoms with Crippen molar-refractivity contribution in [2.45, 2.75) is 6.54 Å². The third-order valence-corrected chi connectivity index (χ3v) is 2.79. The first kappa shape index (κ1) is 13.1. The van der Waals surface area contributed by atoms with Crippen molar-refractivity contribution in [3.05, 3.63) is 47.8 Å². The molecular weight excluding hydrogens is 240 g/mol. The van der Waals surface area contributed by atoms with Gasteiger partial charge in [-0.05, 0) is 24.3 Å². The summed E-state index contributed by atoms with van der Waals surface area (Å²) in [6, 6.07) is 7.47. The van der Waals surface area contributed by atoms with Crippen molar-refractivity contribution in [1.82, 2.24) is 14.7 Å². The highest BCUT2D eigenvalue weighted by Gasteiger charge is 2.06. The van der Waals surface area contributed by atoms with Crippen LogP contribution in [-0.2, 0) is 13.6 Å². The Hall–Kier alpha value is -2.30. The molecule has 1 aromatic carbocycles. The first-order chi connectivity index (χ1) is 9.06. The number of nitrogens with zero attached hydrogens (tertiary/aromatic N) is 3. The fraction of sp³-hybridized carbons (Fsp3) is 0.286. The summed E-state index contributed by atoms with van der Waals surface area (Å²) in [5.41, 5.74) is 2.80. The van der Waals surface area contributed by atoms with Crippen molar-refractivity contribution in [3.8, 4) is 0 Å². The molecule has 2 rings (SSSR count). The third kappa shape index (κ3) is 3.34. The fourth-order valence-electron chi connectivity index (χ4n) is 1.76. The van der Waals surface area contributed by atoms with Crippen molar-refractivity contribution < 1.29 is 4.79 Å². The van der Waals surface area contributed by atoms with Crippen LogP contribution in [0.4, 0.5) is 5.69 Å². The summed E-state index contributed by atoms with van der Waals surface area (Å²) < 4.78 is 1.77. The number of hydrogen-bond acceptors (Lipinski definition) is 3. The van der Waals surface area contributed by atoms with E-state index in [1.54, 1.807) is 23.7 Å². The number of aryl methyl sites for hydroxylation is 1. The molecular formula is C14H18N4O. The standard InChI is InChI=1S/C14H18N4O/c1-17(2)14(19)12-4-6-13(7-5-12)15-8-11-9-16-18(3)10-11/h4-7,9-10,15H,8H2,1-3H3. The Morgan fingerprint density at radius 3 is 2.53 bits per heavy atom. The quantitative estimate of drug-likeness (QED) is 0.908. The van der Waals surface area contributed by atoms with Gasteiger partial charge >= 0.3 is 0 Å². The Balaban J connectivity index is 1.97. The number of carbonyl (C=O) groups excluding carboxylic acids is 1. The molecule has 0 atom stereocenters. The van der Waals surface area contributed by atoms with Crippen LogP contribution in [0.25, 0.3) is 0 Å².